The van der Waals surface area contributed by atoms with Crippen LogP contribution in [-0.4, -0.2) is 104 Å². The molecule has 0 amide bonds. The molecule has 7 heterocycles. The number of nitrogens with zero attached hydrogens (tertiary/aromatic N) is 9. The van der Waals surface area contributed by atoms with E-state index >= 15 is 0 Å². The summed E-state index contributed by atoms with van der Waals surface area (Å²) in [5.41, 5.74) is 8.01. The van der Waals surface area contributed by atoms with Crippen LogP contribution in [-0.2, 0) is 6.32 Å². The van der Waals surface area contributed by atoms with Gasteiger partial charge < -0.3 is 19.1 Å². The molecule has 2 fully saturated rings. The van der Waals surface area contributed by atoms with E-state index in [1.165, 1.54) is 16.9 Å². The number of rotatable bonds is 12. The Hall–Kier alpha value is -5.20. The Morgan fingerprint density at radius 2 is 1.84 bits per heavy atom. The van der Waals surface area contributed by atoms with Gasteiger partial charge in [-0.3, -0.25) is 4.90 Å². The van der Waals surface area contributed by atoms with E-state index in [9.17, 15) is 0 Å². The molecule has 16 heteroatoms. The van der Waals surface area contributed by atoms with E-state index in [2.05, 4.69) is 54.5 Å². The molecule has 9 rings (SSSR count). The predicted octanol–water partition coefficient (Wildman–Crippen LogP) is 6.71. The van der Waals surface area contributed by atoms with Crippen LogP contribution in [0, 0.1) is 19.8 Å². The molecular formula is C45H47B4N9O2S. The number of aliphatic imine (C=N–C) groups is 1. The Bertz CT molecular complexity index is 2600. The molecule has 6 radical (unpaired) electrons. The Kier molecular flexibility index (Phi) is 11.4. The second kappa shape index (κ2) is 16.9. The third-order valence-electron chi connectivity index (χ3n) is 12.7. The maximum Gasteiger partial charge on any atom is 0.319 e. The fourth-order valence-electron chi connectivity index (χ4n) is 9.36. The van der Waals surface area contributed by atoms with Crippen molar-refractivity contribution in [3.05, 3.63) is 99.4 Å². The molecule has 4 aromatic heterocycles. The van der Waals surface area contributed by atoms with Crippen molar-refractivity contribution in [3.8, 4) is 23.3 Å². The quantitative estimate of drug-likeness (QED) is 0.0979. The number of hydrogen-bond donors (Lipinski definition) is 0. The van der Waals surface area contributed by atoms with Crippen LogP contribution in [0.4, 0.5) is 17.5 Å². The first kappa shape index (κ1) is 41.2. The molecule has 2 saturated heterocycles. The van der Waals surface area contributed by atoms with Crippen LogP contribution >= 0.6 is 11.3 Å². The molecule has 2 aromatic carbocycles. The first-order chi connectivity index (χ1) is 29.5. The summed E-state index contributed by atoms with van der Waals surface area (Å²) in [6, 6.07) is 22.0. The summed E-state index contributed by atoms with van der Waals surface area (Å²) in [5, 5.41) is 0.605. The van der Waals surface area contributed by atoms with Crippen LogP contribution in [0.5, 0.6) is 11.9 Å². The molecule has 0 aliphatic carbocycles. The average Bonchev–Trinajstić information content (AvgIpc) is 3.93. The van der Waals surface area contributed by atoms with Gasteiger partial charge in [-0.1, -0.05) is 80.0 Å². The van der Waals surface area contributed by atoms with Gasteiger partial charge in [0.25, 0.3) is 0 Å². The van der Waals surface area contributed by atoms with Crippen molar-refractivity contribution in [2.45, 2.75) is 71.7 Å². The van der Waals surface area contributed by atoms with Crippen molar-refractivity contribution in [1.29, 1.82) is 0 Å². The summed E-state index contributed by atoms with van der Waals surface area (Å²) >= 11 is 1.52. The van der Waals surface area contributed by atoms with Gasteiger partial charge in [-0.05, 0) is 92.6 Å². The van der Waals surface area contributed by atoms with Crippen molar-refractivity contribution >= 4 is 81.3 Å². The smallest absolute Gasteiger partial charge is 0.319 e. The van der Waals surface area contributed by atoms with Crippen molar-refractivity contribution in [3.63, 3.8) is 0 Å². The lowest BCUT2D eigenvalue weighted by Gasteiger charge is -2.32. The number of aromatic nitrogens is 5. The second-order valence-corrected chi connectivity index (χ2v) is 17.8. The van der Waals surface area contributed by atoms with E-state index in [-0.39, 0.29) is 24.4 Å². The maximum atomic E-state index is 7.25. The Morgan fingerprint density at radius 3 is 2.62 bits per heavy atom. The lowest BCUT2D eigenvalue weighted by Crippen LogP contribution is -2.43. The van der Waals surface area contributed by atoms with Gasteiger partial charge in [0.05, 0.1) is 45.4 Å². The lowest BCUT2D eigenvalue weighted by molar-refractivity contribution is 0.107. The van der Waals surface area contributed by atoms with Crippen LogP contribution in [0.3, 0.4) is 0 Å². The molecule has 61 heavy (non-hydrogen) atoms. The molecule has 3 atom stereocenters. The lowest BCUT2D eigenvalue weighted by atomic mass is 9.56. The summed E-state index contributed by atoms with van der Waals surface area (Å²) in [6.45, 7) is 14.0. The third-order valence-corrected chi connectivity index (χ3v) is 13.7. The number of ether oxygens (including phenoxy) is 2. The van der Waals surface area contributed by atoms with Crippen molar-refractivity contribution in [2.75, 3.05) is 42.5 Å². The molecule has 2 unspecified atom stereocenters. The molecule has 6 aromatic rings. The number of fused-ring (bicyclic) bond motifs is 1. The topological polar surface area (TPSA) is 105 Å². The SMILES string of the molecule is [B]C(=Nc1ncsc1C(C)N1CCOc2nc(-c3nc(N([B])B(C)Cc4ccccc4)cc(C)c3C)c([B])c3nc(OC[C@@]45CCCN4CC(C)C5)nc1c23)c1ccccc1. The minimum absolute atomic E-state index is 0.0407. The summed E-state index contributed by atoms with van der Waals surface area (Å²) in [5.74, 6) is 2.76. The summed E-state index contributed by atoms with van der Waals surface area (Å²) in [7, 11) is 20.6. The van der Waals surface area contributed by atoms with Gasteiger partial charge in [0.1, 0.15) is 45.9 Å². The Labute approximate surface area is 366 Å². The first-order valence-electron chi connectivity index (χ1n) is 21.2. The van der Waals surface area contributed by atoms with Crippen LogP contribution in [0.1, 0.15) is 66.3 Å². The number of benzene rings is 2. The van der Waals surface area contributed by atoms with Crippen LogP contribution < -0.4 is 24.6 Å². The number of aryl methyl sites for hydroxylation is 1. The van der Waals surface area contributed by atoms with E-state index in [1.54, 1.807) is 10.2 Å². The van der Waals surface area contributed by atoms with Gasteiger partial charge in [-0.25, -0.2) is 19.9 Å². The molecule has 0 saturated carbocycles. The normalized spacial score (nSPS) is 19.4. The minimum atomic E-state index is -0.243. The van der Waals surface area contributed by atoms with Crippen LogP contribution in [0.25, 0.3) is 22.3 Å². The van der Waals surface area contributed by atoms with E-state index in [1.807, 2.05) is 61.5 Å². The molecule has 0 N–H and O–H groups in total. The zero-order valence-corrected chi connectivity index (χ0v) is 36.3. The second-order valence-electron chi connectivity index (χ2n) is 16.9. The fraction of sp³-hybridized carbons (Fsp3) is 0.378. The monoisotopic (exact) mass is 821 g/mol. The predicted molar refractivity (Wildman–Crippen MR) is 250 cm³/mol. The molecule has 3 aliphatic heterocycles. The highest BCUT2D eigenvalue weighted by atomic mass is 32.1. The number of hydrogen-bond acceptors (Lipinski definition) is 12. The Morgan fingerprint density at radius 1 is 1.07 bits per heavy atom. The molecule has 0 bridgehead atoms. The summed E-state index contributed by atoms with van der Waals surface area (Å²) < 4.78 is 15.0. The zero-order valence-electron chi connectivity index (χ0n) is 35.5. The molecule has 11 nitrogen and oxygen atoms in total. The van der Waals surface area contributed by atoms with Crippen LogP contribution in [0.15, 0.2) is 77.2 Å². The Balaban J connectivity index is 1.14. The van der Waals surface area contributed by atoms with E-state index < -0.39 is 0 Å². The maximum absolute atomic E-state index is 7.25. The van der Waals surface area contributed by atoms with Crippen molar-refractivity contribution in [2.24, 2.45) is 10.9 Å². The van der Waals surface area contributed by atoms with Gasteiger partial charge in [-0.2, -0.15) is 9.97 Å². The third kappa shape index (κ3) is 7.93. The highest BCUT2D eigenvalue weighted by molar-refractivity contribution is 7.10. The largest absolute Gasteiger partial charge is 0.475 e. The van der Waals surface area contributed by atoms with Gasteiger partial charge in [0.15, 0.2) is 5.82 Å². The molecular weight excluding hydrogens is 774 g/mol. The highest BCUT2D eigenvalue weighted by Crippen LogP contribution is 2.44. The fourth-order valence-corrected chi connectivity index (χ4v) is 10.2. The van der Waals surface area contributed by atoms with E-state index in [0.717, 1.165) is 60.2 Å². The molecule has 3 aliphatic rings. The molecule has 0 spiro atoms. The van der Waals surface area contributed by atoms with E-state index in [0.29, 0.717) is 82.4 Å². The zero-order chi connectivity index (χ0) is 42.4. The number of thiazole rings is 1. The summed E-state index contributed by atoms with van der Waals surface area (Å²) in [6.07, 6.45) is 4.06. The number of anilines is 2. The van der Waals surface area contributed by atoms with Crippen molar-refractivity contribution < 1.29 is 9.47 Å². The standard InChI is InChI=1S/C45H47B4N9O2S/c1-27-22-45(17-12-18-56(45)24-27)25-60-44-53-37-34-42(55-44)57(30(4)39-41(50-26-61-39)54-40(47)32-15-10-7-11-16-32)19-20-59-43(34)52-38(35(37)46)36-29(3)28(2)21-33(51-36)58(48)49(5)23-31-13-8-6-9-14-31/h6-11,13-16,21,26-27,30H,12,17-20,22-25H2,1-5H3/t27?,30?,45-/m0/s1. The van der Waals surface area contributed by atoms with Crippen molar-refractivity contribution in [1.82, 2.24) is 29.8 Å². The number of pyridine rings is 2. The van der Waals surface area contributed by atoms with Gasteiger partial charge in [-0.15, -0.1) is 11.3 Å². The summed E-state index contributed by atoms with van der Waals surface area (Å²) in [4.78, 5) is 35.7. The first-order valence-corrected chi connectivity index (χ1v) is 22.1. The molecule has 302 valence electrons. The minimum Gasteiger partial charge on any atom is -0.475 e. The highest BCUT2D eigenvalue weighted by Gasteiger charge is 2.48. The van der Waals surface area contributed by atoms with Gasteiger partial charge in [0, 0.05) is 6.54 Å². The van der Waals surface area contributed by atoms with Crippen LogP contribution in [0.2, 0.25) is 6.82 Å². The average molecular weight is 821 g/mol. The van der Waals surface area contributed by atoms with E-state index in [4.69, 9.17) is 58.1 Å². The van der Waals surface area contributed by atoms with Gasteiger partial charge in [0.2, 0.25) is 20.7 Å². The van der Waals surface area contributed by atoms with Gasteiger partial charge >= 0.3 is 6.01 Å².